The fourth-order valence-electron chi connectivity index (χ4n) is 3.55. The number of carbonyl (C=O) groups is 2. The summed E-state index contributed by atoms with van der Waals surface area (Å²) >= 11 is 0. The van der Waals surface area contributed by atoms with E-state index in [-0.39, 0.29) is 42.7 Å². The van der Waals surface area contributed by atoms with E-state index in [1.54, 1.807) is 7.11 Å². The zero-order valence-electron chi connectivity index (χ0n) is 16.6. The second-order valence-corrected chi connectivity index (χ2v) is 7.13. The van der Waals surface area contributed by atoms with Crippen LogP contribution in [0, 0.1) is 5.92 Å². The van der Waals surface area contributed by atoms with E-state index in [0.717, 1.165) is 52.1 Å². The van der Waals surface area contributed by atoms with Crippen molar-refractivity contribution in [1.29, 1.82) is 0 Å². The minimum Gasteiger partial charge on any atom is -0.385 e. The molecule has 2 unspecified atom stereocenters. The van der Waals surface area contributed by atoms with Crippen LogP contribution in [0.15, 0.2) is 0 Å². The first kappa shape index (κ1) is 26.4. The first-order valence-electron chi connectivity index (χ1n) is 9.61. The molecule has 2 rings (SSSR count). The topological polar surface area (TPSA) is 73.9 Å². The standard InChI is InChI=1S/C18H34N4O3.2ClH/c1-15(18(24)20-7-3-13-25-2)21-9-11-22(12-10-21)17(23)5-4-16-6-8-19-14-16;;/h15-16,19H,3-14H2,1-2H3,(H,20,24);2*1H. The van der Waals surface area contributed by atoms with Crippen LogP contribution in [-0.4, -0.2) is 87.2 Å². The maximum atomic E-state index is 12.4. The van der Waals surface area contributed by atoms with Gasteiger partial charge in [-0.3, -0.25) is 14.5 Å². The van der Waals surface area contributed by atoms with E-state index in [1.807, 2.05) is 11.8 Å². The number of piperazine rings is 1. The number of ether oxygens (including phenoxy) is 1. The predicted octanol–water partition coefficient (Wildman–Crippen LogP) is 0.905. The van der Waals surface area contributed by atoms with E-state index in [1.165, 1.54) is 6.42 Å². The summed E-state index contributed by atoms with van der Waals surface area (Å²) in [5.74, 6) is 0.986. The number of hydrogen-bond donors (Lipinski definition) is 2. The summed E-state index contributed by atoms with van der Waals surface area (Å²) in [6, 6.07) is -0.149. The zero-order valence-corrected chi connectivity index (χ0v) is 18.2. The average Bonchev–Trinajstić information content (AvgIpc) is 3.16. The van der Waals surface area contributed by atoms with Gasteiger partial charge in [0.15, 0.2) is 0 Å². The van der Waals surface area contributed by atoms with Gasteiger partial charge in [-0.05, 0) is 45.2 Å². The number of rotatable bonds is 9. The smallest absolute Gasteiger partial charge is 0.237 e. The van der Waals surface area contributed by atoms with Crippen molar-refractivity contribution >= 4 is 36.6 Å². The lowest BCUT2D eigenvalue weighted by molar-refractivity contribution is -0.134. The maximum Gasteiger partial charge on any atom is 0.237 e. The molecule has 0 bridgehead atoms. The van der Waals surface area contributed by atoms with Crippen molar-refractivity contribution in [3.8, 4) is 0 Å². The molecule has 2 N–H and O–H groups in total. The summed E-state index contributed by atoms with van der Waals surface area (Å²) in [6.07, 6.45) is 3.67. The van der Waals surface area contributed by atoms with Crippen molar-refractivity contribution in [2.24, 2.45) is 5.92 Å². The predicted molar refractivity (Wildman–Crippen MR) is 112 cm³/mol. The quantitative estimate of drug-likeness (QED) is 0.535. The van der Waals surface area contributed by atoms with Crippen LogP contribution in [0.3, 0.4) is 0 Å². The molecule has 9 heteroatoms. The molecule has 0 radical (unpaired) electrons. The van der Waals surface area contributed by atoms with Crippen molar-refractivity contribution in [2.45, 2.75) is 38.6 Å². The van der Waals surface area contributed by atoms with Gasteiger partial charge < -0.3 is 20.3 Å². The van der Waals surface area contributed by atoms with Crippen LogP contribution in [0.25, 0.3) is 0 Å². The molecule has 2 fully saturated rings. The third kappa shape index (κ3) is 8.96. The Labute approximate surface area is 175 Å². The van der Waals surface area contributed by atoms with Crippen LogP contribution < -0.4 is 10.6 Å². The molecule has 2 aliphatic rings. The summed E-state index contributed by atoms with van der Waals surface area (Å²) in [7, 11) is 1.66. The number of nitrogens with zero attached hydrogens (tertiary/aromatic N) is 2. The highest BCUT2D eigenvalue weighted by atomic mass is 35.5. The van der Waals surface area contributed by atoms with Gasteiger partial charge >= 0.3 is 0 Å². The Morgan fingerprint density at radius 2 is 1.93 bits per heavy atom. The van der Waals surface area contributed by atoms with E-state index in [0.29, 0.717) is 25.5 Å². The molecular weight excluding hydrogens is 391 g/mol. The molecule has 0 aliphatic carbocycles. The number of hydrogen-bond acceptors (Lipinski definition) is 5. The minimum atomic E-state index is -0.149. The number of halogens is 2. The summed E-state index contributed by atoms with van der Waals surface area (Å²) in [4.78, 5) is 28.7. The molecule has 160 valence electrons. The van der Waals surface area contributed by atoms with Crippen LogP contribution in [0.1, 0.15) is 32.6 Å². The van der Waals surface area contributed by atoms with Crippen LogP contribution in [0.4, 0.5) is 0 Å². The summed E-state index contributed by atoms with van der Waals surface area (Å²) in [5, 5.41) is 6.30. The molecule has 2 saturated heterocycles. The number of nitrogens with one attached hydrogen (secondary N) is 2. The molecular formula is C18H36Cl2N4O3. The monoisotopic (exact) mass is 426 g/mol. The fourth-order valence-corrected chi connectivity index (χ4v) is 3.55. The van der Waals surface area contributed by atoms with Gasteiger partial charge in [-0.15, -0.1) is 24.8 Å². The molecule has 2 heterocycles. The minimum absolute atomic E-state index is 0. The third-order valence-electron chi connectivity index (χ3n) is 5.35. The number of methoxy groups -OCH3 is 1. The maximum absolute atomic E-state index is 12.4. The summed E-state index contributed by atoms with van der Waals surface area (Å²) < 4.78 is 4.98. The molecule has 2 atom stereocenters. The number of carbonyl (C=O) groups excluding carboxylic acids is 2. The molecule has 0 aromatic heterocycles. The van der Waals surface area contributed by atoms with Crippen molar-refractivity contribution < 1.29 is 14.3 Å². The molecule has 2 aliphatic heterocycles. The lowest BCUT2D eigenvalue weighted by Crippen LogP contribution is -2.55. The number of amides is 2. The van der Waals surface area contributed by atoms with Crippen molar-refractivity contribution in [1.82, 2.24) is 20.4 Å². The summed E-state index contributed by atoms with van der Waals surface area (Å²) in [5.41, 5.74) is 0. The van der Waals surface area contributed by atoms with E-state index in [9.17, 15) is 9.59 Å². The SMILES string of the molecule is COCCCNC(=O)C(C)N1CCN(C(=O)CCC2CCNC2)CC1.Cl.Cl. The van der Waals surface area contributed by atoms with Gasteiger partial charge in [0.2, 0.25) is 11.8 Å². The second kappa shape index (κ2) is 14.4. The van der Waals surface area contributed by atoms with E-state index < -0.39 is 0 Å². The highest BCUT2D eigenvalue weighted by Crippen LogP contribution is 2.16. The average molecular weight is 427 g/mol. The zero-order chi connectivity index (χ0) is 18.1. The van der Waals surface area contributed by atoms with E-state index >= 15 is 0 Å². The highest BCUT2D eigenvalue weighted by Gasteiger charge is 2.27. The Morgan fingerprint density at radius 1 is 1.22 bits per heavy atom. The molecule has 27 heavy (non-hydrogen) atoms. The molecule has 0 spiro atoms. The van der Waals surface area contributed by atoms with Gasteiger partial charge in [0.05, 0.1) is 6.04 Å². The van der Waals surface area contributed by atoms with Crippen LogP contribution in [0.5, 0.6) is 0 Å². The van der Waals surface area contributed by atoms with E-state index in [2.05, 4.69) is 15.5 Å². The van der Waals surface area contributed by atoms with E-state index in [4.69, 9.17) is 4.74 Å². The van der Waals surface area contributed by atoms with Crippen LogP contribution >= 0.6 is 24.8 Å². The van der Waals surface area contributed by atoms with Gasteiger partial charge in [-0.1, -0.05) is 0 Å². The Bertz CT molecular complexity index is 429. The lowest BCUT2D eigenvalue weighted by Gasteiger charge is -2.37. The molecule has 0 aromatic carbocycles. The highest BCUT2D eigenvalue weighted by molar-refractivity contribution is 5.85. The van der Waals surface area contributed by atoms with Crippen LogP contribution in [0.2, 0.25) is 0 Å². The lowest BCUT2D eigenvalue weighted by atomic mass is 10.0. The Hall–Kier alpha value is -0.600. The van der Waals surface area contributed by atoms with Gasteiger partial charge in [0.1, 0.15) is 0 Å². The van der Waals surface area contributed by atoms with Crippen molar-refractivity contribution in [3.63, 3.8) is 0 Å². The molecule has 7 nitrogen and oxygen atoms in total. The normalized spacial score (nSPS) is 21.1. The first-order chi connectivity index (χ1) is 12.1. The summed E-state index contributed by atoms with van der Waals surface area (Å²) in [6.45, 7) is 8.37. The molecule has 2 amide bonds. The van der Waals surface area contributed by atoms with Crippen LogP contribution in [-0.2, 0) is 14.3 Å². The van der Waals surface area contributed by atoms with Gasteiger partial charge in [-0.25, -0.2) is 0 Å². The van der Waals surface area contributed by atoms with Crippen molar-refractivity contribution in [2.75, 3.05) is 59.5 Å². The first-order valence-corrected chi connectivity index (χ1v) is 9.61. The molecule has 0 saturated carbocycles. The van der Waals surface area contributed by atoms with Gasteiger partial charge in [0.25, 0.3) is 0 Å². The largest absolute Gasteiger partial charge is 0.385 e. The second-order valence-electron chi connectivity index (χ2n) is 7.13. The third-order valence-corrected chi connectivity index (χ3v) is 5.35. The van der Waals surface area contributed by atoms with Gasteiger partial charge in [0, 0.05) is 52.9 Å². The van der Waals surface area contributed by atoms with Crippen molar-refractivity contribution in [3.05, 3.63) is 0 Å². The van der Waals surface area contributed by atoms with Gasteiger partial charge in [-0.2, -0.15) is 0 Å². The molecule has 0 aromatic rings. The Balaban J connectivity index is 0.00000338. The Kier molecular flexibility index (Phi) is 14.1. The Morgan fingerprint density at radius 3 is 2.52 bits per heavy atom. The fraction of sp³-hybridized carbons (Fsp3) is 0.889.